The van der Waals surface area contributed by atoms with Crippen molar-refractivity contribution < 1.29 is 14.3 Å². The molecule has 2 aromatic rings. The summed E-state index contributed by atoms with van der Waals surface area (Å²) >= 11 is 7.65. The molecule has 1 unspecified atom stereocenters. The lowest BCUT2D eigenvalue weighted by Crippen LogP contribution is -2.36. The van der Waals surface area contributed by atoms with Crippen LogP contribution in [0.15, 0.2) is 41.3 Å². The van der Waals surface area contributed by atoms with Gasteiger partial charge in [-0.1, -0.05) is 11.6 Å². The Morgan fingerprint density at radius 3 is 2.82 bits per heavy atom. The lowest BCUT2D eigenvalue weighted by molar-refractivity contribution is -0.115. The van der Waals surface area contributed by atoms with Crippen molar-refractivity contribution in [2.45, 2.75) is 17.1 Å². The van der Waals surface area contributed by atoms with Gasteiger partial charge in [0.2, 0.25) is 5.91 Å². The summed E-state index contributed by atoms with van der Waals surface area (Å²) in [4.78, 5) is 27.9. The molecule has 2 aliphatic rings. The van der Waals surface area contributed by atoms with E-state index in [1.165, 1.54) is 11.8 Å². The number of halogens is 1. The molecule has 1 atom stereocenters. The first-order chi connectivity index (χ1) is 13.5. The van der Waals surface area contributed by atoms with Crippen LogP contribution in [0.25, 0.3) is 0 Å². The highest BCUT2D eigenvalue weighted by Crippen LogP contribution is 2.36. The summed E-state index contributed by atoms with van der Waals surface area (Å²) in [5.41, 5.74) is 2.71. The summed E-state index contributed by atoms with van der Waals surface area (Å²) < 4.78 is 5.41. The number of ether oxygens (including phenoxy) is 1. The maximum atomic E-state index is 12.9. The van der Waals surface area contributed by atoms with Gasteiger partial charge in [0.15, 0.2) is 0 Å². The lowest BCUT2D eigenvalue weighted by atomic mass is 10.1. The molecule has 0 bridgehead atoms. The first-order valence-electron chi connectivity index (χ1n) is 9.06. The van der Waals surface area contributed by atoms with Gasteiger partial charge in [0.1, 0.15) is 0 Å². The largest absolute Gasteiger partial charge is 0.378 e. The number of nitrogens with zero attached hydrogens (tertiary/aromatic N) is 1. The van der Waals surface area contributed by atoms with Crippen LogP contribution in [0, 0.1) is 0 Å². The van der Waals surface area contributed by atoms with E-state index in [4.69, 9.17) is 16.3 Å². The van der Waals surface area contributed by atoms with Crippen LogP contribution in [-0.2, 0) is 9.53 Å². The third kappa shape index (κ3) is 3.97. The number of thioether (sulfide) groups is 1. The molecule has 2 heterocycles. The quantitative estimate of drug-likeness (QED) is 0.793. The van der Waals surface area contributed by atoms with Gasteiger partial charge in [-0.25, -0.2) is 0 Å². The van der Waals surface area contributed by atoms with Crippen molar-refractivity contribution in [3.05, 3.63) is 47.0 Å². The standard InChI is InChI=1S/C20H20ClN3O3S/c1-12-19(25)23-16-10-13(2-5-18(16)28-12)20(26)22-15-11-14(21)3-4-17(15)24-6-8-27-9-7-24/h2-5,10-12H,6-9H2,1H3,(H,22,26)(H,23,25). The third-order valence-electron chi connectivity index (χ3n) is 4.73. The Hall–Kier alpha value is -2.22. The van der Waals surface area contributed by atoms with Gasteiger partial charge >= 0.3 is 0 Å². The topological polar surface area (TPSA) is 70.7 Å². The second kappa shape index (κ2) is 8.03. The van der Waals surface area contributed by atoms with Crippen LogP contribution in [-0.4, -0.2) is 43.4 Å². The molecule has 2 aromatic carbocycles. The number of carbonyl (C=O) groups excluding carboxylic acids is 2. The average molecular weight is 418 g/mol. The zero-order valence-corrected chi connectivity index (χ0v) is 16.9. The molecule has 8 heteroatoms. The van der Waals surface area contributed by atoms with Crippen molar-refractivity contribution in [1.29, 1.82) is 0 Å². The Bertz CT molecular complexity index is 931. The van der Waals surface area contributed by atoms with Crippen molar-refractivity contribution >= 4 is 52.2 Å². The van der Waals surface area contributed by atoms with Crippen LogP contribution in [0.3, 0.4) is 0 Å². The fourth-order valence-electron chi connectivity index (χ4n) is 3.23. The molecule has 0 aliphatic carbocycles. The number of carbonyl (C=O) groups is 2. The molecule has 1 fully saturated rings. The molecule has 0 spiro atoms. The van der Waals surface area contributed by atoms with Gasteiger partial charge in [0.05, 0.1) is 35.5 Å². The average Bonchev–Trinajstić information content (AvgIpc) is 2.69. The number of fused-ring (bicyclic) bond motifs is 1. The second-order valence-corrected chi connectivity index (χ2v) is 8.49. The maximum absolute atomic E-state index is 12.9. The van der Waals surface area contributed by atoms with Crippen molar-refractivity contribution in [3.8, 4) is 0 Å². The SMILES string of the molecule is CC1Sc2ccc(C(=O)Nc3cc(Cl)ccc3N3CCOCC3)cc2NC1=O. The fraction of sp³-hybridized carbons (Fsp3) is 0.300. The molecule has 2 aliphatic heterocycles. The highest BCUT2D eigenvalue weighted by molar-refractivity contribution is 8.00. The minimum Gasteiger partial charge on any atom is -0.378 e. The summed E-state index contributed by atoms with van der Waals surface area (Å²) in [6, 6.07) is 10.8. The summed E-state index contributed by atoms with van der Waals surface area (Å²) in [6.45, 7) is 4.67. The molecule has 0 radical (unpaired) electrons. The summed E-state index contributed by atoms with van der Waals surface area (Å²) in [7, 11) is 0. The van der Waals surface area contributed by atoms with Gasteiger partial charge in [0.25, 0.3) is 5.91 Å². The number of nitrogens with one attached hydrogen (secondary N) is 2. The zero-order chi connectivity index (χ0) is 19.7. The molecule has 2 amide bonds. The van der Waals surface area contributed by atoms with E-state index in [1.54, 1.807) is 18.2 Å². The summed E-state index contributed by atoms with van der Waals surface area (Å²) in [5, 5.41) is 6.23. The molecule has 28 heavy (non-hydrogen) atoms. The first-order valence-corrected chi connectivity index (χ1v) is 10.3. The van der Waals surface area contributed by atoms with Crippen LogP contribution in [0.5, 0.6) is 0 Å². The van der Waals surface area contributed by atoms with Crippen molar-refractivity contribution in [2.24, 2.45) is 0 Å². The normalized spacial score (nSPS) is 19.0. The van der Waals surface area contributed by atoms with Crippen molar-refractivity contribution in [1.82, 2.24) is 0 Å². The fourth-order valence-corrected chi connectivity index (χ4v) is 4.34. The lowest BCUT2D eigenvalue weighted by Gasteiger charge is -2.30. The third-order valence-corrected chi connectivity index (χ3v) is 6.14. The Balaban J connectivity index is 1.58. The highest BCUT2D eigenvalue weighted by atomic mass is 35.5. The number of hydrogen-bond acceptors (Lipinski definition) is 5. The molecule has 146 valence electrons. The molecule has 1 saturated heterocycles. The van der Waals surface area contributed by atoms with E-state index in [0.29, 0.717) is 35.2 Å². The number of benzene rings is 2. The Morgan fingerprint density at radius 2 is 2.04 bits per heavy atom. The smallest absolute Gasteiger partial charge is 0.255 e. The number of morpholine rings is 1. The monoisotopic (exact) mass is 417 g/mol. The number of rotatable bonds is 3. The molecular formula is C20H20ClN3O3S. The maximum Gasteiger partial charge on any atom is 0.255 e. The van der Waals surface area contributed by atoms with Crippen molar-refractivity contribution in [3.63, 3.8) is 0 Å². The minimum absolute atomic E-state index is 0.0560. The summed E-state index contributed by atoms with van der Waals surface area (Å²) in [5.74, 6) is -0.308. The van der Waals surface area contributed by atoms with Crippen LogP contribution in [0.2, 0.25) is 5.02 Å². The van der Waals surface area contributed by atoms with Crippen LogP contribution in [0.1, 0.15) is 17.3 Å². The number of amides is 2. The molecule has 0 saturated carbocycles. The van der Waals surface area contributed by atoms with E-state index in [0.717, 1.165) is 23.7 Å². The van der Waals surface area contributed by atoms with Crippen LogP contribution < -0.4 is 15.5 Å². The van der Waals surface area contributed by atoms with E-state index in [9.17, 15) is 9.59 Å². The Morgan fingerprint density at radius 1 is 1.25 bits per heavy atom. The van der Waals surface area contributed by atoms with Gasteiger partial charge in [-0.15, -0.1) is 11.8 Å². The highest BCUT2D eigenvalue weighted by Gasteiger charge is 2.24. The zero-order valence-electron chi connectivity index (χ0n) is 15.3. The minimum atomic E-state index is -0.252. The summed E-state index contributed by atoms with van der Waals surface area (Å²) in [6.07, 6.45) is 0. The Kier molecular flexibility index (Phi) is 5.48. The van der Waals surface area contributed by atoms with Crippen LogP contribution in [0.4, 0.5) is 17.1 Å². The van der Waals surface area contributed by atoms with E-state index in [2.05, 4.69) is 15.5 Å². The number of hydrogen-bond donors (Lipinski definition) is 2. The van der Waals surface area contributed by atoms with Gasteiger partial charge < -0.3 is 20.3 Å². The predicted molar refractivity (Wildman–Crippen MR) is 113 cm³/mol. The van der Waals surface area contributed by atoms with Crippen molar-refractivity contribution in [2.75, 3.05) is 41.8 Å². The molecule has 0 aromatic heterocycles. The van der Waals surface area contributed by atoms with Gasteiger partial charge in [-0.2, -0.15) is 0 Å². The van der Waals surface area contributed by atoms with E-state index >= 15 is 0 Å². The predicted octanol–water partition coefficient (Wildman–Crippen LogP) is 3.86. The van der Waals surface area contributed by atoms with E-state index in [-0.39, 0.29) is 17.1 Å². The molecule has 2 N–H and O–H groups in total. The number of anilines is 3. The van der Waals surface area contributed by atoms with Gasteiger partial charge in [0, 0.05) is 28.6 Å². The molecular weight excluding hydrogens is 398 g/mol. The second-order valence-electron chi connectivity index (χ2n) is 6.68. The van der Waals surface area contributed by atoms with Gasteiger partial charge in [-0.3, -0.25) is 9.59 Å². The van der Waals surface area contributed by atoms with Gasteiger partial charge in [-0.05, 0) is 43.3 Å². The van der Waals surface area contributed by atoms with E-state index in [1.807, 2.05) is 25.1 Å². The molecule has 6 nitrogen and oxygen atoms in total. The molecule has 4 rings (SSSR count). The Labute approximate surface area is 172 Å². The van der Waals surface area contributed by atoms with E-state index < -0.39 is 0 Å². The van der Waals surface area contributed by atoms with Crippen LogP contribution >= 0.6 is 23.4 Å². The first kappa shape index (κ1) is 19.1.